The molecule has 0 amide bonds. The van der Waals surface area contributed by atoms with Crippen molar-refractivity contribution in [3.05, 3.63) is 59.2 Å². The van der Waals surface area contributed by atoms with Crippen LogP contribution in [0.25, 0.3) is 0 Å². The van der Waals surface area contributed by atoms with Gasteiger partial charge >= 0.3 is 0 Å². The number of ether oxygens (including phenoxy) is 1. The number of carbonyl (C=O) groups is 1. The van der Waals surface area contributed by atoms with Crippen molar-refractivity contribution in [2.45, 2.75) is 25.8 Å². The van der Waals surface area contributed by atoms with E-state index in [1.807, 2.05) is 57.2 Å². The molecule has 5 heteroatoms. The molecule has 0 saturated carbocycles. The maximum atomic E-state index is 13.0. The maximum Gasteiger partial charge on any atom is 0.192 e. The molecule has 146 valence electrons. The first-order chi connectivity index (χ1) is 12.7. The van der Waals surface area contributed by atoms with Gasteiger partial charge in [-0.05, 0) is 17.1 Å². The number of hydrogen-bond acceptors (Lipinski definition) is 4. The number of ketones is 1. The fourth-order valence-corrected chi connectivity index (χ4v) is 4.21. The van der Waals surface area contributed by atoms with Gasteiger partial charge in [0, 0.05) is 36.7 Å². The van der Waals surface area contributed by atoms with Gasteiger partial charge in [0.25, 0.3) is 0 Å². The number of Topliss-reactive ketones (excluding diaryl/α,β-unsaturated/α-hetero) is 1. The zero-order valence-corrected chi connectivity index (χ0v) is 17.0. The number of halogens is 1. The molecule has 4 nitrogen and oxygen atoms in total. The lowest BCUT2D eigenvalue weighted by atomic mass is 9.71. The second-order valence-corrected chi connectivity index (χ2v) is 8.97. The summed E-state index contributed by atoms with van der Waals surface area (Å²) in [6, 6.07) is 9.22. The maximum absolute atomic E-state index is 13.0. The molecule has 2 aliphatic rings. The van der Waals surface area contributed by atoms with Crippen LogP contribution in [0.3, 0.4) is 0 Å². The Morgan fingerprint density at radius 2 is 1.89 bits per heavy atom. The molecule has 0 bridgehead atoms. The summed E-state index contributed by atoms with van der Waals surface area (Å²) < 4.78 is 5.41. The molecule has 1 heterocycles. The van der Waals surface area contributed by atoms with Gasteiger partial charge < -0.3 is 9.84 Å². The highest BCUT2D eigenvalue weighted by Gasteiger charge is 2.46. The highest BCUT2D eigenvalue weighted by molar-refractivity contribution is 6.25. The van der Waals surface area contributed by atoms with Gasteiger partial charge in [-0.1, -0.05) is 68.8 Å². The van der Waals surface area contributed by atoms with E-state index in [1.54, 1.807) is 6.08 Å². The minimum atomic E-state index is -1.52. The van der Waals surface area contributed by atoms with E-state index in [9.17, 15) is 9.90 Å². The van der Waals surface area contributed by atoms with Crippen LogP contribution in [0.15, 0.2) is 53.6 Å². The van der Waals surface area contributed by atoms with Crippen LogP contribution in [0.1, 0.15) is 31.1 Å². The Labute approximate surface area is 166 Å². The van der Waals surface area contributed by atoms with Crippen LogP contribution < -0.4 is 0 Å². The molecule has 1 aromatic carbocycles. The topological polar surface area (TPSA) is 49.8 Å². The first-order valence-corrected chi connectivity index (χ1v) is 9.81. The quantitative estimate of drug-likeness (QED) is 0.630. The molecule has 0 radical (unpaired) electrons. The summed E-state index contributed by atoms with van der Waals surface area (Å²) in [6.07, 6.45) is 3.62. The smallest absolute Gasteiger partial charge is 0.192 e. The van der Waals surface area contributed by atoms with E-state index in [0.717, 1.165) is 13.1 Å². The molecule has 2 atom stereocenters. The molecule has 0 spiro atoms. The molecule has 1 aromatic rings. The standard InChI is InChI=1S/C22H28ClNO3/c1-21(2,3)19-14-17(20(25)16-7-5-4-6-8-16)13-18(22(19,23)26)15-24-9-11-27-12-10-24/h4-8,13-14,19,26H,9-12,15H2,1-3H3. The van der Waals surface area contributed by atoms with E-state index >= 15 is 0 Å². The van der Waals surface area contributed by atoms with E-state index in [4.69, 9.17) is 16.3 Å². The zero-order valence-electron chi connectivity index (χ0n) is 16.2. The molecule has 0 aromatic heterocycles. The highest BCUT2D eigenvalue weighted by atomic mass is 35.5. The van der Waals surface area contributed by atoms with Crippen molar-refractivity contribution < 1.29 is 14.6 Å². The van der Waals surface area contributed by atoms with Crippen molar-refractivity contribution >= 4 is 17.4 Å². The number of allylic oxidation sites excluding steroid dienone is 2. The number of aliphatic hydroxyl groups is 1. The second-order valence-electron chi connectivity index (χ2n) is 8.39. The average Bonchev–Trinajstić information content (AvgIpc) is 2.63. The largest absolute Gasteiger partial charge is 0.379 e. The SMILES string of the molecule is CC(C)(C)C1C=C(C(=O)c2ccccc2)C=C(CN2CCOCC2)C1(O)Cl. The van der Waals surface area contributed by atoms with Crippen LogP contribution in [0.5, 0.6) is 0 Å². The van der Waals surface area contributed by atoms with Crippen LogP contribution in [-0.2, 0) is 4.74 Å². The average molecular weight is 390 g/mol. The van der Waals surface area contributed by atoms with E-state index in [2.05, 4.69) is 4.90 Å². The molecule has 1 saturated heterocycles. The lowest BCUT2D eigenvalue weighted by molar-refractivity contribution is 0.0257. The van der Waals surface area contributed by atoms with Gasteiger partial charge in [0.2, 0.25) is 0 Å². The third kappa shape index (κ3) is 4.52. The Kier molecular flexibility index (Phi) is 5.92. The Bertz CT molecular complexity index is 741. The first-order valence-electron chi connectivity index (χ1n) is 9.43. The lowest BCUT2D eigenvalue weighted by Crippen LogP contribution is -2.47. The van der Waals surface area contributed by atoms with Crippen molar-refractivity contribution in [1.82, 2.24) is 4.90 Å². The summed E-state index contributed by atoms with van der Waals surface area (Å²) in [7, 11) is 0. The van der Waals surface area contributed by atoms with E-state index in [1.165, 1.54) is 0 Å². The Hall–Kier alpha value is -1.46. The number of carbonyl (C=O) groups excluding carboxylic acids is 1. The summed E-state index contributed by atoms with van der Waals surface area (Å²) in [4.78, 5) is 15.3. The van der Waals surface area contributed by atoms with E-state index in [-0.39, 0.29) is 17.1 Å². The molecule has 1 aliphatic carbocycles. The predicted octanol–water partition coefficient (Wildman–Crippen LogP) is 3.66. The predicted molar refractivity (Wildman–Crippen MR) is 108 cm³/mol. The van der Waals surface area contributed by atoms with Gasteiger partial charge in [-0.15, -0.1) is 0 Å². The van der Waals surface area contributed by atoms with Crippen molar-refractivity contribution in [3.63, 3.8) is 0 Å². The Morgan fingerprint density at radius 3 is 2.48 bits per heavy atom. The summed E-state index contributed by atoms with van der Waals surface area (Å²) in [6.45, 7) is 9.53. The molecular formula is C22H28ClNO3. The normalized spacial score (nSPS) is 27.1. The van der Waals surface area contributed by atoms with Gasteiger partial charge in [0.05, 0.1) is 13.2 Å². The Morgan fingerprint density at radius 1 is 1.26 bits per heavy atom. The van der Waals surface area contributed by atoms with Crippen LogP contribution in [0.4, 0.5) is 0 Å². The molecule has 3 rings (SSSR count). The number of alkyl halides is 1. The van der Waals surface area contributed by atoms with Crippen LogP contribution >= 0.6 is 11.6 Å². The van der Waals surface area contributed by atoms with Crippen molar-refractivity contribution in [3.8, 4) is 0 Å². The van der Waals surface area contributed by atoms with Crippen LogP contribution in [-0.4, -0.2) is 53.7 Å². The minimum absolute atomic E-state index is 0.0449. The summed E-state index contributed by atoms with van der Waals surface area (Å²) >= 11 is 6.70. The fourth-order valence-electron chi connectivity index (χ4n) is 3.70. The van der Waals surface area contributed by atoms with Gasteiger partial charge in [0.15, 0.2) is 10.8 Å². The number of hydrogen-bond donors (Lipinski definition) is 1. The first kappa shape index (κ1) is 20.3. The monoisotopic (exact) mass is 389 g/mol. The number of rotatable bonds is 4. The Balaban J connectivity index is 1.97. The summed E-state index contributed by atoms with van der Waals surface area (Å²) in [5.41, 5.74) is 1.60. The third-order valence-corrected chi connectivity index (χ3v) is 5.75. The molecule has 2 unspecified atom stereocenters. The van der Waals surface area contributed by atoms with Gasteiger partial charge in [-0.25, -0.2) is 0 Å². The van der Waals surface area contributed by atoms with E-state index < -0.39 is 5.06 Å². The number of nitrogens with zero attached hydrogens (tertiary/aromatic N) is 1. The molecule has 1 N–H and O–H groups in total. The summed E-state index contributed by atoms with van der Waals surface area (Å²) in [5, 5.41) is 9.70. The third-order valence-electron chi connectivity index (χ3n) is 5.27. The number of benzene rings is 1. The van der Waals surface area contributed by atoms with Crippen LogP contribution in [0.2, 0.25) is 0 Å². The minimum Gasteiger partial charge on any atom is -0.379 e. The van der Waals surface area contributed by atoms with Gasteiger partial charge in [0.1, 0.15) is 0 Å². The number of morpholine rings is 1. The zero-order chi connectivity index (χ0) is 19.7. The van der Waals surface area contributed by atoms with Crippen molar-refractivity contribution in [1.29, 1.82) is 0 Å². The van der Waals surface area contributed by atoms with Gasteiger partial charge in [-0.2, -0.15) is 0 Å². The lowest BCUT2D eigenvalue weighted by Gasteiger charge is -2.43. The molecular weight excluding hydrogens is 362 g/mol. The molecule has 27 heavy (non-hydrogen) atoms. The molecule has 1 fully saturated rings. The van der Waals surface area contributed by atoms with Gasteiger partial charge in [-0.3, -0.25) is 9.69 Å². The fraction of sp³-hybridized carbons (Fsp3) is 0.500. The van der Waals surface area contributed by atoms with Crippen molar-refractivity contribution in [2.75, 3.05) is 32.8 Å². The summed E-state index contributed by atoms with van der Waals surface area (Å²) in [5.74, 6) is -0.424. The van der Waals surface area contributed by atoms with Crippen LogP contribution in [0, 0.1) is 11.3 Å². The van der Waals surface area contributed by atoms with E-state index in [0.29, 0.717) is 36.5 Å². The highest BCUT2D eigenvalue weighted by Crippen LogP contribution is 2.46. The molecule has 1 aliphatic heterocycles. The second kappa shape index (κ2) is 7.88. The van der Waals surface area contributed by atoms with Crippen molar-refractivity contribution in [2.24, 2.45) is 11.3 Å².